The minimum absolute atomic E-state index is 0.0261. The lowest BCUT2D eigenvalue weighted by Crippen LogP contribution is -2.30. The summed E-state index contributed by atoms with van der Waals surface area (Å²) in [6.45, 7) is 4.18. The van der Waals surface area contributed by atoms with Crippen molar-refractivity contribution < 1.29 is 22.7 Å². The molecule has 0 atom stereocenters. The van der Waals surface area contributed by atoms with Crippen LogP contribution in [0.3, 0.4) is 0 Å². The highest BCUT2D eigenvalue weighted by Crippen LogP contribution is 2.33. The lowest BCUT2D eigenvalue weighted by molar-refractivity contribution is -0.274. The van der Waals surface area contributed by atoms with E-state index in [1.54, 1.807) is 34.1 Å². The predicted octanol–water partition coefficient (Wildman–Crippen LogP) is 7.67. The standard InChI is InChI=1S/C31H24F3N5O2S/c1-19(2)24-5-3-4-6-26(24)39-28(40)17-42-30(39)37-36-16-20-7-13-25-21(15-20)8-14-27-29(25)35-18-38(27)22-9-11-23(12-10-22)41-31(32,33)34/h3-16,18-19H,17H2,1-2H3. The topological polar surface area (TPSA) is 72.1 Å². The number of benzene rings is 4. The van der Waals surface area contributed by atoms with E-state index < -0.39 is 6.36 Å². The summed E-state index contributed by atoms with van der Waals surface area (Å²) in [5, 5.41) is 11.1. The Labute approximate surface area is 243 Å². The van der Waals surface area contributed by atoms with Crippen LogP contribution in [0.2, 0.25) is 0 Å². The molecule has 0 bridgehead atoms. The molecule has 0 aliphatic carbocycles. The van der Waals surface area contributed by atoms with Gasteiger partial charge in [-0.3, -0.25) is 14.3 Å². The van der Waals surface area contributed by atoms with Crippen molar-refractivity contribution >= 4 is 56.5 Å². The van der Waals surface area contributed by atoms with Crippen LogP contribution in [-0.4, -0.2) is 39.0 Å². The largest absolute Gasteiger partial charge is 0.573 e. The van der Waals surface area contributed by atoms with E-state index in [0.29, 0.717) is 16.6 Å². The molecular formula is C31H24F3N5O2S. The Morgan fingerprint density at radius 3 is 2.57 bits per heavy atom. The molecule has 1 aliphatic rings. The number of anilines is 1. The number of halogens is 3. The fourth-order valence-electron chi connectivity index (χ4n) is 4.92. The molecule has 5 aromatic rings. The normalized spacial score (nSPS) is 15.2. The van der Waals surface area contributed by atoms with Gasteiger partial charge in [0.05, 0.1) is 28.7 Å². The Kier molecular flexibility index (Phi) is 7.19. The Bertz CT molecular complexity index is 1860. The second kappa shape index (κ2) is 11.0. The van der Waals surface area contributed by atoms with Gasteiger partial charge in [0.2, 0.25) is 5.91 Å². The Hall–Kier alpha value is -4.64. The molecular weight excluding hydrogens is 563 g/mol. The predicted molar refractivity (Wildman–Crippen MR) is 161 cm³/mol. The first kappa shape index (κ1) is 27.5. The molecule has 1 aromatic heterocycles. The third kappa shape index (κ3) is 5.47. The number of hydrogen-bond donors (Lipinski definition) is 0. The molecule has 1 amide bonds. The maximum absolute atomic E-state index is 12.7. The molecule has 0 N–H and O–H groups in total. The fourth-order valence-corrected chi connectivity index (χ4v) is 5.74. The van der Waals surface area contributed by atoms with Gasteiger partial charge in [-0.1, -0.05) is 62.0 Å². The first-order valence-corrected chi connectivity index (χ1v) is 14.1. The van der Waals surface area contributed by atoms with Crippen molar-refractivity contribution in [2.24, 2.45) is 10.2 Å². The van der Waals surface area contributed by atoms with E-state index >= 15 is 0 Å². The third-order valence-electron chi connectivity index (χ3n) is 6.82. The number of carbonyl (C=O) groups is 1. The number of carbonyl (C=O) groups excluding carboxylic acids is 1. The lowest BCUT2D eigenvalue weighted by atomic mass is 10.0. The van der Waals surface area contributed by atoms with E-state index in [1.165, 1.54) is 23.9 Å². The maximum atomic E-state index is 12.7. The van der Waals surface area contributed by atoms with E-state index in [-0.39, 0.29) is 17.6 Å². The number of imidazole rings is 1. The van der Waals surface area contributed by atoms with E-state index in [1.807, 2.05) is 54.6 Å². The van der Waals surface area contributed by atoms with Crippen molar-refractivity contribution in [1.29, 1.82) is 0 Å². The fraction of sp³-hybridized carbons (Fsp3) is 0.161. The van der Waals surface area contributed by atoms with E-state index in [2.05, 4.69) is 33.8 Å². The zero-order valence-corrected chi connectivity index (χ0v) is 23.4. The Morgan fingerprint density at radius 1 is 1.02 bits per heavy atom. The summed E-state index contributed by atoms with van der Waals surface area (Å²) in [7, 11) is 0. The highest BCUT2D eigenvalue weighted by Gasteiger charge is 2.32. The van der Waals surface area contributed by atoms with E-state index in [9.17, 15) is 18.0 Å². The van der Waals surface area contributed by atoms with Crippen molar-refractivity contribution in [3.63, 3.8) is 0 Å². The number of alkyl halides is 3. The average molecular weight is 588 g/mol. The Morgan fingerprint density at radius 2 is 1.81 bits per heavy atom. The van der Waals surface area contributed by atoms with Crippen molar-refractivity contribution in [2.45, 2.75) is 26.1 Å². The molecule has 7 nitrogen and oxygen atoms in total. The average Bonchev–Trinajstić information content (AvgIpc) is 3.56. The second-order valence-electron chi connectivity index (χ2n) is 9.93. The molecule has 1 fully saturated rings. The van der Waals surface area contributed by atoms with Crippen LogP contribution in [0.25, 0.3) is 27.5 Å². The van der Waals surface area contributed by atoms with Crippen LogP contribution in [0.5, 0.6) is 5.75 Å². The second-order valence-corrected chi connectivity index (χ2v) is 10.9. The summed E-state index contributed by atoms with van der Waals surface area (Å²) in [5.74, 6) is 0.247. The molecule has 0 radical (unpaired) electrons. The summed E-state index contributed by atoms with van der Waals surface area (Å²) in [4.78, 5) is 18.9. The van der Waals surface area contributed by atoms with Gasteiger partial charge in [-0.15, -0.1) is 18.3 Å². The highest BCUT2D eigenvalue weighted by molar-refractivity contribution is 8.15. The maximum Gasteiger partial charge on any atom is 0.573 e. The van der Waals surface area contributed by atoms with E-state index in [0.717, 1.165) is 38.6 Å². The SMILES string of the molecule is CC(C)c1ccccc1N1C(=O)CSC1=NN=Cc1ccc2c(ccc3c2ncn3-c2ccc(OC(F)(F)F)cc2)c1. The lowest BCUT2D eigenvalue weighted by Gasteiger charge is -2.20. The molecule has 0 unspecified atom stereocenters. The highest BCUT2D eigenvalue weighted by atomic mass is 32.2. The molecule has 2 heterocycles. The van der Waals surface area contributed by atoms with Crippen LogP contribution in [0.4, 0.5) is 18.9 Å². The van der Waals surface area contributed by atoms with Crippen LogP contribution in [-0.2, 0) is 4.79 Å². The smallest absolute Gasteiger partial charge is 0.406 e. The van der Waals surface area contributed by atoms with Gasteiger partial charge >= 0.3 is 6.36 Å². The zero-order chi connectivity index (χ0) is 29.4. The summed E-state index contributed by atoms with van der Waals surface area (Å²) >= 11 is 1.36. The summed E-state index contributed by atoms with van der Waals surface area (Å²) in [6.07, 6.45) is -1.46. The van der Waals surface area contributed by atoms with Gasteiger partial charge in [-0.2, -0.15) is 5.10 Å². The zero-order valence-electron chi connectivity index (χ0n) is 22.5. The number of rotatable bonds is 6. The molecule has 6 rings (SSSR count). The summed E-state index contributed by atoms with van der Waals surface area (Å²) in [5.41, 5.74) is 4.95. The van der Waals surface area contributed by atoms with Gasteiger partial charge < -0.3 is 4.74 Å². The first-order valence-electron chi connectivity index (χ1n) is 13.1. The third-order valence-corrected chi connectivity index (χ3v) is 7.73. The minimum Gasteiger partial charge on any atom is -0.406 e. The number of hydrogen-bond acceptors (Lipinski definition) is 6. The minimum atomic E-state index is -4.74. The first-order chi connectivity index (χ1) is 20.2. The van der Waals surface area contributed by atoms with Gasteiger partial charge in [0.1, 0.15) is 12.1 Å². The van der Waals surface area contributed by atoms with Crippen molar-refractivity contribution in [1.82, 2.24) is 9.55 Å². The number of nitrogens with zero attached hydrogens (tertiary/aromatic N) is 5. The van der Waals surface area contributed by atoms with Crippen LogP contribution in [0, 0.1) is 0 Å². The number of ether oxygens (including phenoxy) is 1. The number of amides is 1. The van der Waals surface area contributed by atoms with Crippen LogP contribution in [0.15, 0.2) is 95.4 Å². The van der Waals surface area contributed by atoms with Crippen LogP contribution >= 0.6 is 11.8 Å². The number of thioether (sulfide) groups is 1. The van der Waals surface area contributed by atoms with Crippen molar-refractivity contribution in [3.8, 4) is 11.4 Å². The van der Waals surface area contributed by atoms with E-state index in [4.69, 9.17) is 0 Å². The number of amidine groups is 1. The molecule has 4 aromatic carbocycles. The molecule has 1 saturated heterocycles. The van der Waals surface area contributed by atoms with Crippen molar-refractivity contribution in [3.05, 3.63) is 96.3 Å². The summed E-state index contributed by atoms with van der Waals surface area (Å²) in [6, 6.07) is 23.2. The van der Waals surface area contributed by atoms with Gasteiger partial charge in [0.25, 0.3) is 0 Å². The van der Waals surface area contributed by atoms with Crippen LogP contribution in [0.1, 0.15) is 30.9 Å². The molecule has 0 spiro atoms. The molecule has 0 saturated carbocycles. The molecule has 212 valence electrons. The van der Waals surface area contributed by atoms with Crippen LogP contribution < -0.4 is 9.64 Å². The quantitative estimate of drug-likeness (QED) is 0.151. The van der Waals surface area contributed by atoms with Gasteiger partial charge in [-0.25, -0.2) is 4.98 Å². The van der Waals surface area contributed by atoms with Gasteiger partial charge in [0.15, 0.2) is 5.17 Å². The van der Waals surface area contributed by atoms with Crippen molar-refractivity contribution in [2.75, 3.05) is 10.7 Å². The molecule has 1 aliphatic heterocycles. The number of fused-ring (bicyclic) bond motifs is 3. The monoisotopic (exact) mass is 587 g/mol. The van der Waals surface area contributed by atoms with Gasteiger partial charge in [-0.05, 0) is 64.9 Å². The number of aromatic nitrogens is 2. The Balaban J connectivity index is 1.25. The molecule has 42 heavy (non-hydrogen) atoms. The number of para-hydroxylation sites is 1. The molecule has 11 heteroatoms. The van der Waals surface area contributed by atoms with Gasteiger partial charge in [0, 0.05) is 11.1 Å². The summed E-state index contributed by atoms with van der Waals surface area (Å²) < 4.78 is 43.3.